The fourth-order valence-corrected chi connectivity index (χ4v) is 3.68. The van der Waals surface area contributed by atoms with Crippen LogP contribution in [0.15, 0.2) is 29.3 Å². The molecule has 1 N–H and O–H groups in total. The molecule has 0 saturated carbocycles. The number of rotatable bonds is 5. The van der Waals surface area contributed by atoms with Crippen molar-refractivity contribution < 1.29 is 22.6 Å². The molecule has 0 aromatic heterocycles. The molecule has 2 aliphatic rings. The third-order valence-electron chi connectivity index (χ3n) is 5.09. The molecule has 2 aliphatic heterocycles. The zero-order valence-corrected chi connectivity index (χ0v) is 16.0. The summed E-state index contributed by atoms with van der Waals surface area (Å²) in [6, 6.07) is 6.51. The number of guanidine groups is 1. The first kappa shape index (κ1) is 20.7. The molecule has 6 nitrogen and oxygen atoms in total. The van der Waals surface area contributed by atoms with Crippen LogP contribution in [0.25, 0.3) is 0 Å². The number of nitrogens with zero attached hydrogens (tertiary/aromatic N) is 3. The summed E-state index contributed by atoms with van der Waals surface area (Å²) in [4.78, 5) is 9.13. The van der Waals surface area contributed by atoms with E-state index in [9.17, 15) is 13.2 Å². The van der Waals surface area contributed by atoms with Gasteiger partial charge in [-0.25, -0.2) is 0 Å². The van der Waals surface area contributed by atoms with Crippen molar-refractivity contribution in [2.45, 2.75) is 25.2 Å². The van der Waals surface area contributed by atoms with Crippen molar-refractivity contribution in [1.82, 2.24) is 15.1 Å². The molecule has 3 rings (SSSR count). The summed E-state index contributed by atoms with van der Waals surface area (Å²) in [7, 11) is 1.77. The van der Waals surface area contributed by atoms with E-state index in [-0.39, 0.29) is 5.75 Å². The normalized spacial score (nSPS) is 21.8. The first-order chi connectivity index (χ1) is 13.4. The van der Waals surface area contributed by atoms with Crippen LogP contribution in [0.1, 0.15) is 12.0 Å². The van der Waals surface area contributed by atoms with E-state index in [0.29, 0.717) is 19.0 Å². The number of halogens is 3. The van der Waals surface area contributed by atoms with Crippen LogP contribution in [0.2, 0.25) is 0 Å². The molecule has 0 radical (unpaired) electrons. The summed E-state index contributed by atoms with van der Waals surface area (Å²) in [5.41, 5.74) is 0.935. The van der Waals surface area contributed by atoms with Crippen molar-refractivity contribution in [3.05, 3.63) is 29.8 Å². The minimum absolute atomic E-state index is 0.203. The number of ether oxygens (including phenoxy) is 2. The molecule has 28 heavy (non-hydrogen) atoms. The highest BCUT2D eigenvalue weighted by Gasteiger charge is 2.31. The average molecular weight is 400 g/mol. The standard InChI is InChI=1S/C19H27F3N4O2/c1-23-18(26-9-7-16(14-26)25-10-12-27-13-11-25)24-8-6-15-2-4-17(5-3-15)28-19(20,21)22/h2-5,16H,6-14H2,1H3,(H,23,24). The zero-order chi connectivity index (χ0) is 20.0. The van der Waals surface area contributed by atoms with E-state index in [1.165, 1.54) is 12.1 Å². The van der Waals surface area contributed by atoms with Gasteiger partial charge >= 0.3 is 6.36 Å². The van der Waals surface area contributed by atoms with Crippen molar-refractivity contribution in [2.24, 2.45) is 4.99 Å². The van der Waals surface area contributed by atoms with Crippen molar-refractivity contribution >= 4 is 5.96 Å². The number of morpholine rings is 1. The van der Waals surface area contributed by atoms with Crippen molar-refractivity contribution in [1.29, 1.82) is 0 Å². The van der Waals surface area contributed by atoms with Crippen LogP contribution in [-0.2, 0) is 11.2 Å². The fraction of sp³-hybridized carbons (Fsp3) is 0.632. The Balaban J connectivity index is 1.43. The van der Waals surface area contributed by atoms with Crippen LogP contribution in [0, 0.1) is 0 Å². The summed E-state index contributed by atoms with van der Waals surface area (Å²) in [5.74, 6) is 0.666. The maximum Gasteiger partial charge on any atom is 0.573 e. The van der Waals surface area contributed by atoms with Gasteiger partial charge in [0, 0.05) is 45.8 Å². The Morgan fingerprint density at radius 1 is 1.21 bits per heavy atom. The second-order valence-corrected chi connectivity index (χ2v) is 6.95. The van der Waals surface area contributed by atoms with E-state index >= 15 is 0 Å². The number of nitrogens with one attached hydrogen (secondary N) is 1. The molecule has 1 aromatic carbocycles. The van der Waals surface area contributed by atoms with Gasteiger partial charge in [0.1, 0.15) is 5.75 Å². The highest BCUT2D eigenvalue weighted by molar-refractivity contribution is 5.80. The van der Waals surface area contributed by atoms with Gasteiger partial charge in [-0.3, -0.25) is 9.89 Å². The smallest absolute Gasteiger partial charge is 0.406 e. The van der Waals surface area contributed by atoms with Crippen LogP contribution in [0.4, 0.5) is 13.2 Å². The van der Waals surface area contributed by atoms with Gasteiger partial charge in [-0.15, -0.1) is 13.2 Å². The molecule has 2 saturated heterocycles. The summed E-state index contributed by atoms with van der Waals surface area (Å²) in [6.07, 6.45) is -2.86. The molecule has 1 aromatic rings. The Morgan fingerprint density at radius 3 is 2.57 bits per heavy atom. The van der Waals surface area contributed by atoms with Gasteiger partial charge < -0.3 is 19.7 Å². The molecule has 0 spiro atoms. The number of hydrogen-bond acceptors (Lipinski definition) is 4. The Labute approximate surface area is 163 Å². The summed E-state index contributed by atoms with van der Waals surface area (Å²) >= 11 is 0. The Kier molecular flexibility index (Phi) is 7.01. The van der Waals surface area contributed by atoms with E-state index in [4.69, 9.17) is 4.74 Å². The maximum atomic E-state index is 12.2. The molecule has 0 amide bonds. The van der Waals surface area contributed by atoms with Gasteiger partial charge in [-0.2, -0.15) is 0 Å². The summed E-state index contributed by atoms with van der Waals surface area (Å²) in [6.45, 7) is 6.14. The van der Waals surface area contributed by atoms with Gasteiger partial charge in [0.25, 0.3) is 0 Å². The highest BCUT2D eigenvalue weighted by atomic mass is 19.4. The van der Waals surface area contributed by atoms with E-state index in [1.54, 1.807) is 19.2 Å². The van der Waals surface area contributed by atoms with E-state index in [0.717, 1.165) is 57.3 Å². The molecule has 0 bridgehead atoms. The lowest BCUT2D eigenvalue weighted by molar-refractivity contribution is -0.274. The lowest BCUT2D eigenvalue weighted by atomic mass is 10.1. The number of hydrogen-bond donors (Lipinski definition) is 1. The van der Waals surface area contributed by atoms with Crippen LogP contribution in [-0.4, -0.2) is 81.1 Å². The van der Waals surface area contributed by atoms with Crippen LogP contribution >= 0.6 is 0 Å². The lowest BCUT2D eigenvalue weighted by Crippen LogP contribution is -2.46. The quantitative estimate of drug-likeness (QED) is 0.606. The van der Waals surface area contributed by atoms with Gasteiger partial charge in [0.2, 0.25) is 0 Å². The summed E-state index contributed by atoms with van der Waals surface area (Å²) in [5, 5.41) is 3.36. The number of aliphatic imine (C=N–C) groups is 1. The number of benzene rings is 1. The second-order valence-electron chi connectivity index (χ2n) is 6.95. The topological polar surface area (TPSA) is 49.3 Å². The first-order valence-corrected chi connectivity index (χ1v) is 9.57. The van der Waals surface area contributed by atoms with Gasteiger partial charge in [-0.05, 0) is 30.5 Å². The zero-order valence-electron chi connectivity index (χ0n) is 16.0. The molecule has 0 aliphatic carbocycles. The van der Waals surface area contributed by atoms with Gasteiger partial charge in [-0.1, -0.05) is 12.1 Å². The molecule has 9 heteroatoms. The molecular formula is C19H27F3N4O2. The highest BCUT2D eigenvalue weighted by Crippen LogP contribution is 2.23. The van der Waals surface area contributed by atoms with Gasteiger partial charge in [0.15, 0.2) is 5.96 Å². The SMILES string of the molecule is CN=C(NCCc1ccc(OC(F)(F)F)cc1)N1CCC(N2CCOCC2)C1. The molecule has 1 atom stereocenters. The van der Waals surface area contributed by atoms with Crippen molar-refractivity contribution in [3.8, 4) is 5.75 Å². The lowest BCUT2D eigenvalue weighted by Gasteiger charge is -2.32. The Morgan fingerprint density at radius 2 is 1.93 bits per heavy atom. The molecule has 2 heterocycles. The third kappa shape index (κ3) is 6.00. The number of likely N-dealkylation sites (tertiary alicyclic amines) is 1. The predicted octanol–water partition coefficient (Wildman–Crippen LogP) is 2.11. The molecule has 156 valence electrons. The Bertz CT molecular complexity index is 646. The monoisotopic (exact) mass is 400 g/mol. The minimum Gasteiger partial charge on any atom is -0.406 e. The third-order valence-corrected chi connectivity index (χ3v) is 5.09. The Hall–Kier alpha value is -2.00. The molecular weight excluding hydrogens is 373 g/mol. The van der Waals surface area contributed by atoms with Crippen molar-refractivity contribution in [2.75, 3.05) is 53.0 Å². The average Bonchev–Trinajstić information content (AvgIpc) is 3.16. The minimum atomic E-state index is -4.66. The van der Waals surface area contributed by atoms with Crippen molar-refractivity contribution in [3.63, 3.8) is 0 Å². The van der Waals surface area contributed by atoms with Crippen LogP contribution in [0.3, 0.4) is 0 Å². The second kappa shape index (κ2) is 9.47. The van der Waals surface area contributed by atoms with Crippen LogP contribution in [0.5, 0.6) is 5.75 Å². The van der Waals surface area contributed by atoms with Gasteiger partial charge in [0.05, 0.1) is 13.2 Å². The van der Waals surface area contributed by atoms with E-state index in [1.807, 2.05) is 0 Å². The first-order valence-electron chi connectivity index (χ1n) is 9.57. The summed E-state index contributed by atoms with van der Waals surface area (Å²) < 4.78 is 45.9. The fourth-order valence-electron chi connectivity index (χ4n) is 3.68. The van der Waals surface area contributed by atoms with E-state index < -0.39 is 6.36 Å². The molecule has 1 unspecified atom stereocenters. The van der Waals surface area contributed by atoms with E-state index in [2.05, 4.69) is 24.8 Å². The predicted molar refractivity (Wildman–Crippen MR) is 101 cm³/mol. The maximum absolute atomic E-state index is 12.2. The largest absolute Gasteiger partial charge is 0.573 e. The molecule has 2 fully saturated rings. The number of alkyl halides is 3. The van der Waals surface area contributed by atoms with Crippen LogP contribution < -0.4 is 10.1 Å².